The van der Waals surface area contributed by atoms with Crippen LogP contribution in [-0.4, -0.2) is 16.6 Å². The molecular weight excluding hydrogens is 521 g/mol. The van der Waals surface area contributed by atoms with Gasteiger partial charge in [0.25, 0.3) is 0 Å². The SMILES string of the molecule is O=C1c2ccccc2C(=O)c2c(Sc3nc4ccc(Oc5ccc(Cl)c(Cl)c5)cc4s3)cccc21. The highest BCUT2D eigenvalue weighted by molar-refractivity contribution is 8.01. The number of rotatable bonds is 4. The number of fused-ring (bicyclic) bond motifs is 3. The molecule has 0 saturated heterocycles. The van der Waals surface area contributed by atoms with Gasteiger partial charge < -0.3 is 4.74 Å². The van der Waals surface area contributed by atoms with Crippen molar-refractivity contribution < 1.29 is 14.3 Å². The van der Waals surface area contributed by atoms with E-state index in [1.165, 1.54) is 23.1 Å². The molecule has 1 aliphatic carbocycles. The summed E-state index contributed by atoms with van der Waals surface area (Å²) in [6.45, 7) is 0. The molecule has 0 radical (unpaired) electrons. The number of benzene rings is 4. The largest absolute Gasteiger partial charge is 0.457 e. The van der Waals surface area contributed by atoms with Gasteiger partial charge in [-0.15, -0.1) is 11.3 Å². The van der Waals surface area contributed by atoms with Crippen molar-refractivity contribution in [2.45, 2.75) is 9.24 Å². The predicted molar refractivity (Wildman–Crippen MR) is 140 cm³/mol. The van der Waals surface area contributed by atoms with Crippen molar-refractivity contribution in [2.75, 3.05) is 0 Å². The molecule has 1 aliphatic rings. The van der Waals surface area contributed by atoms with Gasteiger partial charge in [0.1, 0.15) is 11.5 Å². The zero-order valence-electron chi connectivity index (χ0n) is 17.7. The van der Waals surface area contributed by atoms with Gasteiger partial charge in [0.15, 0.2) is 15.9 Å². The van der Waals surface area contributed by atoms with E-state index in [2.05, 4.69) is 0 Å². The zero-order chi connectivity index (χ0) is 24.1. The number of hydrogen-bond acceptors (Lipinski definition) is 6. The zero-order valence-corrected chi connectivity index (χ0v) is 20.9. The monoisotopic (exact) mass is 533 g/mol. The molecule has 1 heterocycles. The average Bonchev–Trinajstić information content (AvgIpc) is 3.26. The average molecular weight is 534 g/mol. The fourth-order valence-corrected chi connectivity index (χ4v) is 6.46. The summed E-state index contributed by atoms with van der Waals surface area (Å²) in [7, 11) is 0. The first-order valence-corrected chi connectivity index (χ1v) is 12.9. The van der Waals surface area contributed by atoms with Gasteiger partial charge in [-0.3, -0.25) is 9.59 Å². The molecule has 35 heavy (non-hydrogen) atoms. The summed E-state index contributed by atoms with van der Waals surface area (Å²) in [5.74, 6) is 0.950. The van der Waals surface area contributed by atoms with E-state index >= 15 is 0 Å². The molecule has 5 aromatic rings. The normalized spacial score (nSPS) is 12.5. The number of ketones is 2. The van der Waals surface area contributed by atoms with Crippen LogP contribution >= 0.6 is 46.3 Å². The second kappa shape index (κ2) is 8.81. The summed E-state index contributed by atoms with van der Waals surface area (Å²) in [5.41, 5.74) is 2.56. The quantitative estimate of drug-likeness (QED) is 0.228. The van der Waals surface area contributed by atoms with Gasteiger partial charge >= 0.3 is 0 Å². The molecule has 4 aromatic carbocycles. The Hall–Kier alpha value is -3.16. The molecule has 8 heteroatoms. The smallest absolute Gasteiger partial charge is 0.195 e. The molecule has 0 unspecified atom stereocenters. The highest BCUT2D eigenvalue weighted by Crippen LogP contribution is 2.41. The number of carbonyl (C=O) groups excluding carboxylic acids is 2. The van der Waals surface area contributed by atoms with Gasteiger partial charge in [-0.05, 0) is 30.3 Å². The first-order chi connectivity index (χ1) is 17.0. The van der Waals surface area contributed by atoms with Crippen LogP contribution in [0.3, 0.4) is 0 Å². The van der Waals surface area contributed by atoms with Crippen molar-refractivity contribution in [1.82, 2.24) is 4.98 Å². The lowest BCUT2D eigenvalue weighted by atomic mass is 9.84. The molecule has 0 saturated carbocycles. The van der Waals surface area contributed by atoms with Crippen LogP contribution < -0.4 is 4.74 Å². The minimum absolute atomic E-state index is 0.133. The van der Waals surface area contributed by atoms with Crippen LogP contribution in [0.2, 0.25) is 10.0 Å². The van der Waals surface area contributed by atoms with Gasteiger partial charge in [-0.25, -0.2) is 4.98 Å². The lowest BCUT2D eigenvalue weighted by molar-refractivity contribution is 0.0977. The second-order valence-corrected chi connectivity index (χ2v) is 10.9. The van der Waals surface area contributed by atoms with Crippen LogP contribution in [0.4, 0.5) is 0 Å². The van der Waals surface area contributed by atoms with Crippen LogP contribution in [0.5, 0.6) is 11.5 Å². The third-order valence-corrected chi connectivity index (χ3v) is 8.46. The molecular formula is C27H13Cl2NO3S2. The van der Waals surface area contributed by atoms with Crippen LogP contribution in [0.15, 0.2) is 88.1 Å². The number of carbonyl (C=O) groups is 2. The van der Waals surface area contributed by atoms with Gasteiger partial charge in [0.05, 0.1) is 20.3 Å². The Kier molecular flexibility index (Phi) is 5.61. The van der Waals surface area contributed by atoms with E-state index in [0.717, 1.165) is 14.6 Å². The van der Waals surface area contributed by atoms with E-state index in [1.54, 1.807) is 54.6 Å². The molecule has 0 aliphatic heterocycles. The third kappa shape index (κ3) is 4.02. The molecule has 0 atom stereocenters. The van der Waals surface area contributed by atoms with Crippen molar-refractivity contribution in [3.05, 3.63) is 111 Å². The fourth-order valence-electron chi connectivity index (χ4n) is 3.96. The standard InChI is InChI=1S/C27H13Cl2NO3S2/c28-19-10-8-14(12-20(19)29)33-15-9-11-21-23(13-15)35-27(30-21)34-22-7-3-6-18-24(22)26(32)17-5-2-1-4-16(17)25(18)31/h1-13H. The van der Waals surface area contributed by atoms with Crippen molar-refractivity contribution in [3.63, 3.8) is 0 Å². The van der Waals surface area contributed by atoms with Crippen LogP contribution in [-0.2, 0) is 0 Å². The third-order valence-electron chi connectivity index (χ3n) is 5.58. The summed E-state index contributed by atoms with van der Waals surface area (Å²) >= 11 is 14.9. The number of thiazole rings is 1. The Balaban J connectivity index is 1.32. The highest BCUT2D eigenvalue weighted by atomic mass is 35.5. The van der Waals surface area contributed by atoms with E-state index in [0.29, 0.717) is 48.7 Å². The lowest BCUT2D eigenvalue weighted by Crippen LogP contribution is -2.21. The summed E-state index contributed by atoms with van der Waals surface area (Å²) in [6, 6.07) is 23.0. The van der Waals surface area contributed by atoms with E-state index in [1.807, 2.05) is 24.3 Å². The first-order valence-electron chi connectivity index (χ1n) is 10.5. The molecule has 0 amide bonds. The lowest BCUT2D eigenvalue weighted by Gasteiger charge is -2.19. The van der Waals surface area contributed by atoms with Gasteiger partial charge in [0.2, 0.25) is 0 Å². The Labute approximate surface area is 218 Å². The minimum atomic E-state index is -0.142. The summed E-state index contributed by atoms with van der Waals surface area (Å²) in [5, 5.41) is 0.883. The molecule has 6 rings (SSSR count). The molecule has 170 valence electrons. The van der Waals surface area contributed by atoms with Crippen LogP contribution in [0.1, 0.15) is 31.8 Å². The van der Waals surface area contributed by atoms with Gasteiger partial charge in [-0.2, -0.15) is 0 Å². The summed E-state index contributed by atoms with van der Waals surface area (Å²) in [4.78, 5) is 31.7. The van der Waals surface area contributed by atoms with E-state index in [4.69, 9.17) is 32.9 Å². The summed E-state index contributed by atoms with van der Waals surface area (Å²) in [6.07, 6.45) is 0. The molecule has 0 N–H and O–H groups in total. The van der Waals surface area contributed by atoms with Crippen LogP contribution in [0.25, 0.3) is 10.2 Å². The topological polar surface area (TPSA) is 56.3 Å². The number of nitrogens with zero attached hydrogens (tertiary/aromatic N) is 1. The number of aromatic nitrogens is 1. The minimum Gasteiger partial charge on any atom is -0.457 e. The maximum Gasteiger partial charge on any atom is 0.195 e. The molecule has 0 fully saturated rings. The number of ether oxygens (including phenoxy) is 1. The van der Waals surface area contributed by atoms with E-state index in [9.17, 15) is 9.59 Å². The molecule has 0 spiro atoms. The van der Waals surface area contributed by atoms with Crippen molar-refractivity contribution in [2.24, 2.45) is 0 Å². The Morgan fingerprint density at radius 2 is 1.46 bits per heavy atom. The first kappa shape index (κ1) is 22.3. The number of hydrogen-bond donors (Lipinski definition) is 0. The van der Waals surface area contributed by atoms with Crippen molar-refractivity contribution in [3.8, 4) is 11.5 Å². The Bertz CT molecular complexity index is 1680. The van der Waals surface area contributed by atoms with E-state index in [-0.39, 0.29) is 11.6 Å². The maximum absolute atomic E-state index is 13.3. The molecule has 4 nitrogen and oxygen atoms in total. The highest BCUT2D eigenvalue weighted by Gasteiger charge is 2.31. The number of halogens is 2. The van der Waals surface area contributed by atoms with Crippen molar-refractivity contribution in [1.29, 1.82) is 0 Å². The van der Waals surface area contributed by atoms with Gasteiger partial charge in [-0.1, -0.05) is 71.4 Å². The van der Waals surface area contributed by atoms with Crippen molar-refractivity contribution >= 4 is 68.1 Å². The van der Waals surface area contributed by atoms with Gasteiger partial charge in [0, 0.05) is 39.3 Å². The molecule has 1 aromatic heterocycles. The fraction of sp³-hybridized carbons (Fsp3) is 0. The second-order valence-electron chi connectivity index (χ2n) is 7.77. The van der Waals surface area contributed by atoms with E-state index < -0.39 is 0 Å². The predicted octanol–water partition coefficient (Wildman–Crippen LogP) is 8.32. The molecule has 0 bridgehead atoms. The Morgan fingerprint density at radius 1 is 0.743 bits per heavy atom. The Morgan fingerprint density at radius 3 is 2.26 bits per heavy atom. The summed E-state index contributed by atoms with van der Waals surface area (Å²) < 4.78 is 7.63. The van der Waals surface area contributed by atoms with Crippen LogP contribution in [0, 0.1) is 0 Å². The maximum atomic E-state index is 13.3.